The van der Waals surface area contributed by atoms with Gasteiger partial charge in [0.1, 0.15) is 0 Å². The molecule has 1 aromatic heterocycles. The molecule has 0 amide bonds. The Morgan fingerprint density at radius 1 is 1.56 bits per heavy atom. The topological polar surface area (TPSA) is 39.1 Å². The Bertz CT molecular complexity index is 303. The summed E-state index contributed by atoms with van der Waals surface area (Å²) in [6, 6.07) is 2.55. The van der Waals surface area contributed by atoms with Crippen LogP contribution in [0.15, 0.2) is 6.07 Å². The fourth-order valence-electron chi connectivity index (χ4n) is 1.87. The van der Waals surface area contributed by atoms with E-state index >= 15 is 0 Å². The van der Waals surface area contributed by atoms with Gasteiger partial charge in [0.05, 0.1) is 18.0 Å². The fourth-order valence-corrected chi connectivity index (χ4v) is 1.87. The van der Waals surface area contributed by atoms with E-state index in [0.29, 0.717) is 6.04 Å². The third kappa shape index (κ3) is 3.94. The molecular weight excluding hydrogens is 202 g/mol. The van der Waals surface area contributed by atoms with Crippen LogP contribution in [0.25, 0.3) is 0 Å². The number of nitrogens with zero attached hydrogens (tertiary/aromatic N) is 2. The average Bonchev–Trinajstić information content (AvgIpc) is 2.54. The summed E-state index contributed by atoms with van der Waals surface area (Å²) in [4.78, 5) is 0. The zero-order valence-corrected chi connectivity index (χ0v) is 10.8. The molecule has 0 aliphatic rings. The van der Waals surface area contributed by atoms with Crippen LogP contribution < -0.4 is 5.32 Å². The van der Waals surface area contributed by atoms with Crippen LogP contribution >= 0.6 is 0 Å². The molecule has 1 unspecified atom stereocenters. The van der Waals surface area contributed by atoms with Crippen LogP contribution in [0.5, 0.6) is 0 Å². The molecule has 4 nitrogen and oxygen atoms in total. The van der Waals surface area contributed by atoms with Gasteiger partial charge in [-0.25, -0.2) is 0 Å². The molecule has 1 N–H and O–H groups in total. The molecule has 0 aromatic carbocycles. The van der Waals surface area contributed by atoms with E-state index in [4.69, 9.17) is 4.74 Å². The lowest BCUT2D eigenvalue weighted by molar-refractivity contribution is 0.161. The van der Waals surface area contributed by atoms with Crippen molar-refractivity contribution in [2.75, 3.05) is 13.7 Å². The summed E-state index contributed by atoms with van der Waals surface area (Å²) in [6.07, 6.45) is 2.32. The summed E-state index contributed by atoms with van der Waals surface area (Å²) in [5.74, 6) is 0. The Morgan fingerprint density at radius 3 is 2.81 bits per heavy atom. The molecule has 0 bridgehead atoms. The number of nitrogens with one attached hydrogen (secondary N) is 1. The van der Waals surface area contributed by atoms with Gasteiger partial charge in [-0.1, -0.05) is 13.3 Å². The third-order valence-corrected chi connectivity index (χ3v) is 2.68. The highest BCUT2D eigenvalue weighted by Gasteiger charge is 2.08. The smallest absolute Gasteiger partial charge is 0.0615 e. The maximum Gasteiger partial charge on any atom is 0.0615 e. The van der Waals surface area contributed by atoms with Gasteiger partial charge in [-0.2, -0.15) is 5.10 Å². The van der Waals surface area contributed by atoms with Crippen molar-refractivity contribution >= 4 is 0 Å². The Labute approximate surface area is 98.0 Å². The number of aryl methyl sites for hydroxylation is 2. The van der Waals surface area contributed by atoms with Crippen molar-refractivity contribution in [3.8, 4) is 0 Å². The van der Waals surface area contributed by atoms with Crippen molar-refractivity contribution in [1.82, 2.24) is 15.1 Å². The molecule has 0 spiro atoms. The summed E-state index contributed by atoms with van der Waals surface area (Å²) in [5.41, 5.74) is 2.28. The average molecular weight is 225 g/mol. The molecule has 0 aliphatic heterocycles. The first-order valence-electron chi connectivity index (χ1n) is 5.89. The number of methoxy groups -OCH3 is 1. The van der Waals surface area contributed by atoms with Gasteiger partial charge in [-0.3, -0.25) is 4.68 Å². The molecule has 0 radical (unpaired) electrons. The Morgan fingerprint density at radius 2 is 2.31 bits per heavy atom. The van der Waals surface area contributed by atoms with Crippen molar-refractivity contribution in [3.63, 3.8) is 0 Å². The molecule has 1 atom stereocenters. The zero-order chi connectivity index (χ0) is 12.0. The molecule has 1 rings (SSSR count). The minimum absolute atomic E-state index is 0.435. The largest absolute Gasteiger partial charge is 0.383 e. The van der Waals surface area contributed by atoms with Crippen LogP contribution in [0.1, 0.15) is 31.2 Å². The predicted octanol–water partition coefficient (Wildman–Crippen LogP) is 1.63. The molecule has 0 fully saturated rings. The molecule has 1 aromatic rings. The SMILES string of the molecule is CCCC(COC)NCc1cc(C)nn1C. The normalized spacial score (nSPS) is 13.0. The van der Waals surface area contributed by atoms with Gasteiger partial charge in [0.15, 0.2) is 0 Å². The quantitative estimate of drug-likeness (QED) is 0.766. The Kier molecular flexibility index (Phi) is 5.49. The molecule has 0 saturated heterocycles. The van der Waals surface area contributed by atoms with E-state index in [1.165, 1.54) is 12.1 Å². The van der Waals surface area contributed by atoms with Crippen molar-refractivity contribution in [3.05, 3.63) is 17.5 Å². The van der Waals surface area contributed by atoms with Crippen LogP contribution in [-0.4, -0.2) is 29.5 Å². The summed E-state index contributed by atoms with van der Waals surface area (Å²) < 4.78 is 7.12. The highest BCUT2D eigenvalue weighted by Crippen LogP contribution is 2.03. The second-order valence-corrected chi connectivity index (χ2v) is 4.22. The van der Waals surface area contributed by atoms with Gasteiger partial charge >= 0.3 is 0 Å². The summed E-state index contributed by atoms with van der Waals surface area (Å²) in [7, 11) is 3.73. The van der Waals surface area contributed by atoms with Crippen molar-refractivity contribution in [1.29, 1.82) is 0 Å². The first-order chi connectivity index (χ1) is 7.67. The van der Waals surface area contributed by atoms with E-state index in [0.717, 1.165) is 25.3 Å². The second kappa shape index (κ2) is 6.66. The van der Waals surface area contributed by atoms with Crippen molar-refractivity contribution in [2.45, 2.75) is 39.3 Å². The summed E-state index contributed by atoms with van der Waals surface area (Å²) in [5, 5.41) is 7.83. The van der Waals surface area contributed by atoms with E-state index in [2.05, 4.69) is 23.4 Å². The van der Waals surface area contributed by atoms with Gasteiger partial charge in [0.2, 0.25) is 0 Å². The zero-order valence-electron chi connectivity index (χ0n) is 10.8. The van der Waals surface area contributed by atoms with Crippen LogP contribution in [-0.2, 0) is 18.3 Å². The summed E-state index contributed by atoms with van der Waals surface area (Å²) in [6.45, 7) is 5.83. The maximum atomic E-state index is 5.20. The predicted molar refractivity (Wildman–Crippen MR) is 65.4 cm³/mol. The first-order valence-corrected chi connectivity index (χ1v) is 5.89. The minimum atomic E-state index is 0.435. The van der Waals surface area contributed by atoms with Crippen LogP contribution in [0, 0.1) is 6.92 Å². The van der Waals surface area contributed by atoms with E-state index < -0.39 is 0 Å². The molecule has 0 saturated carbocycles. The molecule has 4 heteroatoms. The highest BCUT2D eigenvalue weighted by atomic mass is 16.5. The Hall–Kier alpha value is -0.870. The molecule has 0 aliphatic carbocycles. The third-order valence-electron chi connectivity index (χ3n) is 2.68. The Balaban J connectivity index is 2.44. The standard InChI is InChI=1S/C12H23N3O/c1-5-6-11(9-16-4)13-8-12-7-10(2)14-15(12)3/h7,11,13H,5-6,8-9H2,1-4H3. The first kappa shape index (κ1) is 13.2. The molecule has 1 heterocycles. The van der Waals surface area contributed by atoms with E-state index in [-0.39, 0.29) is 0 Å². The van der Waals surface area contributed by atoms with Gasteiger partial charge in [0.25, 0.3) is 0 Å². The van der Waals surface area contributed by atoms with Gasteiger partial charge in [-0.05, 0) is 19.4 Å². The van der Waals surface area contributed by atoms with Crippen LogP contribution in [0.4, 0.5) is 0 Å². The molecule has 16 heavy (non-hydrogen) atoms. The monoisotopic (exact) mass is 225 g/mol. The number of rotatable bonds is 7. The van der Waals surface area contributed by atoms with Gasteiger partial charge < -0.3 is 10.1 Å². The number of hydrogen-bond donors (Lipinski definition) is 1. The number of ether oxygens (including phenoxy) is 1. The van der Waals surface area contributed by atoms with E-state index in [1.54, 1.807) is 7.11 Å². The molecule has 92 valence electrons. The van der Waals surface area contributed by atoms with Crippen molar-refractivity contribution in [2.24, 2.45) is 7.05 Å². The van der Waals surface area contributed by atoms with E-state index in [1.807, 2.05) is 18.7 Å². The number of hydrogen-bond acceptors (Lipinski definition) is 3. The van der Waals surface area contributed by atoms with Gasteiger partial charge in [-0.15, -0.1) is 0 Å². The number of aromatic nitrogens is 2. The fraction of sp³-hybridized carbons (Fsp3) is 0.750. The van der Waals surface area contributed by atoms with Crippen LogP contribution in [0.3, 0.4) is 0 Å². The van der Waals surface area contributed by atoms with Gasteiger partial charge in [0, 0.05) is 26.7 Å². The summed E-state index contributed by atoms with van der Waals surface area (Å²) >= 11 is 0. The molecular formula is C12H23N3O. The van der Waals surface area contributed by atoms with Crippen molar-refractivity contribution < 1.29 is 4.74 Å². The lowest BCUT2D eigenvalue weighted by atomic mass is 10.2. The minimum Gasteiger partial charge on any atom is -0.383 e. The van der Waals surface area contributed by atoms with E-state index in [9.17, 15) is 0 Å². The maximum absolute atomic E-state index is 5.20. The lowest BCUT2D eigenvalue weighted by Gasteiger charge is -2.16. The van der Waals surface area contributed by atoms with Crippen LogP contribution in [0.2, 0.25) is 0 Å². The lowest BCUT2D eigenvalue weighted by Crippen LogP contribution is -2.33. The second-order valence-electron chi connectivity index (χ2n) is 4.22. The highest BCUT2D eigenvalue weighted by molar-refractivity contribution is 5.08.